The highest BCUT2D eigenvalue weighted by atomic mass is 16.5. The maximum absolute atomic E-state index is 13.0. The van der Waals surface area contributed by atoms with Crippen LogP contribution in [0.4, 0.5) is 0 Å². The number of nitrogens with zero attached hydrogens (tertiary/aromatic N) is 4. The Morgan fingerprint density at radius 3 is 2.39 bits per heavy atom. The zero-order chi connectivity index (χ0) is 22.0. The molecule has 0 unspecified atom stereocenters. The lowest BCUT2D eigenvalue weighted by Gasteiger charge is -2.12. The number of ether oxygens (including phenoxy) is 2. The van der Waals surface area contributed by atoms with E-state index in [0.717, 1.165) is 5.69 Å². The van der Waals surface area contributed by atoms with E-state index in [9.17, 15) is 4.79 Å². The first-order valence-electron chi connectivity index (χ1n) is 10.2. The summed E-state index contributed by atoms with van der Waals surface area (Å²) in [7, 11) is 0. The quantitative estimate of drug-likeness (QED) is 0.303. The smallest absolute Gasteiger partial charge is 0.344 e. The van der Waals surface area contributed by atoms with Crippen LogP contribution in [-0.2, 0) is 0 Å². The molecule has 0 N–H and O–H groups in total. The zero-order valence-electron chi connectivity index (χ0n) is 17.9. The Balaban J connectivity index is 1.59. The Kier molecular flexibility index (Phi) is 5.66. The van der Waals surface area contributed by atoms with Gasteiger partial charge in [-0.25, -0.2) is 19.4 Å². The van der Waals surface area contributed by atoms with Crippen LogP contribution >= 0.6 is 0 Å². The maximum Gasteiger partial charge on any atom is 0.344 e. The number of aromatic nitrogens is 4. The molecule has 31 heavy (non-hydrogen) atoms. The largest absolute Gasteiger partial charge is 0.439 e. The van der Waals surface area contributed by atoms with E-state index >= 15 is 0 Å². The van der Waals surface area contributed by atoms with Crippen molar-refractivity contribution in [2.75, 3.05) is 0 Å². The first-order chi connectivity index (χ1) is 14.9. The average molecular weight is 416 g/mol. The highest BCUT2D eigenvalue weighted by Gasteiger charge is 2.20. The summed E-state index contributed by atoms with van der Waals surface area (Å²) in [6.45, 7) is 8.14. The normalized spacial score (nSPS) is 11.3. The second-order valence-electron chi connectivity index (χ2n) is 7.80. The number of fused-ring (bicyclic) bond motifs is 1. The molecule has 158 valence electrons. The van der Waals surface area contributed by atoms with Gasteiger partial charge < -0.3 is 9.47 Å². The molecule has 3 heterocycles. The number of carbonyl (C=O) groups is 1. The summed E-state index contributed by atoms with van der Waals surface area (Å²) >= 11 is 0. The minimum Gasteiger partial charge on any atom is -0.439 e. The molecule has 0 radical (unpaired) electrons. The number of rotatable bonds is 6. The third kappa shape index (κ3) is 4.40. The van der Waals surface area contributed by atoms with Crippen molar-refractivity contribution in [1.29, 1.82) is 0 Å². The van der Waals surface area contributed by atoms with Gasteiger partial charge in [0, 0.05) is 24.0 Å². The van der Waals surface area contributed by atoms with Gasteiger partial charge in [0.25, 0.3) is 0 Å². The van der Waals surface area contributed by atoms with E-state index in [-0.39, 0.29) is 12.0 Å². The topological polar surface area (TPSA) is 79.1 Å². The Bertz CT molecular complexity index is 1200. The van der Waals surface area contributed by atoms with E-state index in [1.807, 2.05) is 44.5 Å². The lowest BCUT2D eigenvalue weighted by atomic mass is 10.1. The Hall–Kier alpha value is -3.74. The van der Waals surface area contributed by atoms with Crippen LogP contribution in [0, 0.1) is 0 Å². The number of hydrogen-bond donors (Lipinski definition) is 0. The van der Waals surface area contributed by atoms with Crippen molar-refractivity contribution < 1.29 is 14.3 Å². The summed E-state index contributed by atoms with van der Waals surface area (Å²) in [6.07, 6.45) is 3.33. The minimum atomic E-state index is -0.448. The maximum atomic E-state index is 13.0. The summed E-state index contributed by atoms with van der Waals surface area (Å²) in [4.78, 5) is 21.9. The molecule has 0 bridgehead atoms. The van der Waals surface area contributed by atoms with Crippen LogP contribution in [0.25, 0.3) is 11.0 Å². The van der Waals surface area contributed by atoms with Gasteiger partial charge in [-0.3, -0.25) is 0 Å². The molecule has 0 amide bonds. The number of hydrogen-bond acceptors (Lipinski definition) is 6. The highest BCUT2D eigenvalue weighted by molar-refractivity contribution is 6.03. The molecule has 0 saturated carbocycles. The molecule has 7 heteroatoms. The second-order valence-corrected chi connectivity index (χ2v) is 7.80. The van der Waals surface area contributed by atoms with Crippen LogP contribution in [0.1, 0.15) is 55.7 Å². The zero-order valence-corrected chi connectivity index (χ0v) is 17.9. The van der Waals surface area contributed by atoms with Gasteiger partial charge >= 0.3 is 5.97 Å². The van der Waals surface area contributed by atoms with Crippen LogP contribution in [-0.4, -0.2) is 25.7 Å². The molecular weight excluding hydrogens is 392 g/mol. The van der Waals surface area contributed by atoms with E-state index in [2.05, 4.69) is 10.1 Å². The summed E-state index contributed by atoms with van der Waals surface area (Å²) < 4.78 is 13.1. The monoisotopic (exact) mass is 416 g/mol. The van der Waals surface area contributed by atoms with E-state index in [0.29, 0.717) is 34.0 Å². The van der Waals surface area contributed by atoms with Gasteiger partial charge in [-0.1, -0.05) is 19.9 Å². The summed E-state index contributed by atoms with van der Waals surface area (Å²) in [5, 5.41) is 5.10. The minimum absolute atomic E-state index is 0.128. The van der Waals surface area contributed by atoms with Crippen LogP contribution < -0.4 is 9.47 Å². The molecule has 0 aliphatic rings. The first-order valence-corrected chi connectivity index (χ1v) is 10.2. The number of pyridine rings is 2. The molecule has 1 aromatic carbocycles. The van der Waals surface area contributed by atoms with Gasteiger partial charge in [0.15, 0.2) is 5.65 Å². The van der Waals surface area contributed by atoms with Gasteiger partial charge in [0.1, 0.15) is 11.5 Å². The molecule has 0 spiro atoms. The fourth-order valence-corrected chi connectivity index (χ4v) is 3.15. The molecule has 0 aliphatic heterocycles. The second kappa shape index (κ2) is 8.55. The lowest BCUT2D eigenvalue weighted by Crippen LogP contribution is -2.12. The molecule has 0 aliphatic carbocycles. The molecular formula is C24H24N4O3. The van der Waals surface area contributed by atoms with Crippen LogP contribution in [0.3, 0.4) is 0 Å². The van der Waals surface area contributed by atoms with E-state index < -0.39 is 5.97 Å². The number of benzene rings is 1. The van der Waals surface area contributed by atoms with Gasteiger partial charge in [0.2, 0.25) is 5.88 Å². The summed E-state index contributed by atoms with van der Waals surface area (Å²) in [5.74, 6) is 1.23. The van der Waals surface area contributed by atoms with Crippen molar-refractivity contribution >= 4 is 17.0 Å². The molecule has 7 nitrogen and oxygen atoms in total. The highest BCUT2D eigenvalue weighted by Crippen LogP contribution is 2.27. The summed E-state index contributed by atoms with van der Waals surface area (Å²) in [5.41, 5.74) is 1.96. The fraction of sp³-hybridized carbons (Fsp3) is 0.250. The first kappa shape index (κ1) is 20.5. The van der Waals surface area contributed by atoms with Gasteiger partial charge in [-0.05, 0) is 56.2 Å². The molecule has 3 aromatic heterocycles. The van der Waals surface area contributed by atoms with Gasteiger partial charge in [-0.15, -0.1) is 0 Å². The molecule has 4 rings (SSSR count). The molecule has 0 fully saturated rings. The van der Waals surface area contributed by atoms with Crippen molar-refractivity contribution in [3.63, 3.8) is 0 Å². The average Bonchev–Trinajstić information content (AvgIpc) is 3.19. The fourth-order valence-electron chi connectivity index (χ4n) is 3.15. The Labute approximate surface area is 180 Å². The van der Waals surface area contributed by atoms with Crippen molar-refractivity contribution in [2.45, 2.75) is 39.7 Å². The standard InChI is InChI=1S/C24H24N4O3/c1-15(2)21-13-19(20-14-26-28(16(3)4)23(20)27-21)24(29)31-18-10-8-17(9-11-18)30-22-7-5-6-12-25-22/h5-16H,1-4H3. The number of esters is 1. The molecule has 0 saturated heterocycles. The molecule has 0 atom stereocenters. The van der Waals surface area contributed by atoms with Crippen LogP contribution in [0.5, 0.6) is 17.4 Å². The van der Waals surface area contributed by atoms with E-state index in [1.165, 1.54) is 0 Å². The predicted octanol–water partition coefficient (Wildman–Crippen LogP) is 5.54. The van der Waals surface area contributed by atoms with Gasteiger partial charge in [-0.2, -0.15) is 5.10 Å². The van der Waals surface area contributed by atoms with Gasteiger partial charge in [0.05, 0.1) is 17.1 Å². The van der Waals surface area contributed by atoms with E-state index in [4.69, 9.17) is 14.5 Å². The van der Waals surface area contributed by atoms with Crippen molar-refractivity contribution in [2.24, 2.45) is 0 Å². The SMILES string of the molecule is CC(C)c1cc(C(=O)Oc2ccc(Oc3ccccn3)cc2)c2cnn(C(C)C)c2n1. The third-order valence-corrected chi connectivity index (χ3v) is 4.78. The van der Waals surface area contributed by atoms with Crippen LogP contribution in [0.15, 0.2) is 60.9 Å². The van der Waals surface area contributed by atoms with Crippen LogP contribution in [0.2, 0.25) is 0 Å². The van der Waals surface area contributed by atoms with E-state index in [1.54, 1.807) is 48.8 Å². The van der Waals surface area contributed by atoms with Crippen molar-refractivity contribution in [3.05, 3.63) is 72.2 Å². The Morgan fingerprint density at radius 1 is 1.00 bits per heavy atom. The Morgan fingerprint density at radius 2 is 1.74 bits per heavy atom. The summed E-state index contributed by atoms with van der Waals surface area (Å²) in [6, 6.07) is 14.2. The lowest BCUT2D eigenvalue weighted by molar-refractivity contribution is 0.0736. The number of carbonyl (C=O) groups excluding carboxylic acids is 1. The predicted molar refractivity (Wildman–Crippen MR) is 118 cm³/mol. The third-order valence-electron chi connectivity index (χ3n) is 4.78. The van der Waals surface area contributed by atoms with Crippen molar-refractivity contribution in [1.82, 2.24) is 19.7 Å². The molecule has 4 aromatic rings. The van der Waals surface area contributed by atoms with Crippen molar-refractivity contribution in [3.8, 4) is 17.4 Å².